The number of nitrogens with one attached hydrogen (secondary N) is 1. The molecule has 0 amide bonds. The van der Waals surface area contributed by atoms with Crippen LogP contribution in [-0.2, 0) is 11.2 Å². The number of hydrogen-bond acceptors (Lipinski definition) is 2. The second kappa shape index (κ2) is 6.25. The van der Waals surface area contributed by atoms with Crippen molar-refractivity contribution < 1.29 is 4.74 Å². The van der Waals surface area contributed by atoms with Crippen LogP contribution >= 0.6 is 23.2 Å². The maximum atomic E-state index is 6.08. The van der Waals surface area contributed by atoms with E-state index in [1.807, 2.05) is 12.1 Å². The van der Waals surface area contributed by atoms with Crippen molar-refractivity contribution in [2.24, 2.45) is 5.41 Å². The maximum absolute atomic E-state index is 6.08. The van der Waals surface area contributed by atoms with Crippen LogP contribution in [0.1, 0.15) is 18.4 Å². The Balaban J connectivity index is 2.14. The van der Waals surface area contributed by atoms with Gasteiger partial charge in [0.15, 0.2) is 0 Å². The number of piperidine rings is 1. The first-order valence-corrected chi connectivity index (χ1v) is 7.04. The molecule has 1 aliphatic rings. The summed E-state index contributed by atoms with van der Waals surface area (Å²) in [6.45, 7) is 2.92. The van der Waals surface area contributed by atoms with E-state index in [-0.39, 0.29) is 5.41 Å². The molecule has 1 N–H and O–H groups in total. The zero-order valence-electron chi connectivity index (χ0n) is 10.6. The van der Waals surface area contributed by atoms with Crippen LogP contribution in [0.2, 0.25) is 10.0 Å². The highest BCUT2D eigenvalue weighted by molar-refractivity contribution is 6.42. The summed E-state index contributed by atoms with van der Waals surface area (Å²) in [6, 6.07) is 5.91. The predicted molar refractivity (Wildman–Crippen MR) is 76.6 cm³/mol. The summed E-state index contributed by atoms with van der Waals surface area (Å²) >= 11 is 12.0. The molecule has 1 aromatic rings. The molecule has 2 rings (SSSR count). The molecule has 0 unspecified atom stereocenters. The Morgan fingerprint density at radius 1 is 1.22 bits per heavy atom. The van der Waals surface area contributed by atoms with E-state index in [9.17, 15) is 0 Å². The minimum atomic E-state index is 0.233. The molecule has 1 heterocycles. The van der Waals surface area contributed by atoms with Gasteiger partial charge in [-0.2, -0.15) is 0 Å². The van der Waals surface area contributed by atoms with Gasteiger partial charge in [-0.25, -0.2) is 0 Å². The average molecular weight is 288 g/mol. The highest BCUT2D eigenvalue weighted by Crippen LogP contribution is 2.34. The molecule has 0 atom stereocenters. The molecule has 100 valence electrons. The second-order valence-corrected chi connectivity index (χ2v) is 5.92. The van der Waals surface area contributed by atoms with Crippen LogP contribution in [0, 0.1) is 5.41 Å². The Labute approximate surface area is 119 Å². The van der Waals surface area contributed by atoms with Crippen molar-refractivity contribution in [1.82, 2.24) is 5.32 Å². The lowest BCUT2D eigenvalue weighted by molar-refractivity contribution is 0.0540. The lowest BCUT2D eigenvalue weighted by Crippen LogP contribution is -2.41. The monoisotopic (exact) mass is 287 g/mol. The van der Waals surface area contributed by atoms with Crippen LogP contribution < -0.4 is 5.32 Å². The van der Waals surface area contributed by atoms with Gasteiger partial charge in [-0.15, -0.1) is 0 Å². The molecule has 1 saturated heterocycles. The minimum Gasteiger partial charge on any atom is -0.384 e. The SMILES string of the molecule is COCC1(Cc2ccc(Cl)c(Cl)c2)CCNCC1. The summed E-state index contributed by atoms with van der Waals surface area (Å²) in [7, 11) is 1.78. The number of halogens is 2. The Kier molecular flexibility index (Phi) is 4.91. The van der Waals surface area contributed by atoms with E-state index in [1.165, 1.54) is 5.56 Å². The summed E-state index contributed by atoms with van der Waals surface area (Å²) < 4.78 is 5.42. The number of methoxy groups -OCH3 is 1. The maximum Gasteiger partial charge on any atom is 0.0595 e. The molecule has 0 bridgehead atoms. The van der Waals surface area contributed by atoms with E-state index in [1.54, 1.807) is 7.11 Å². The normalized spacial score (nSPS) is 18.8. The highest BCUT2D eigenvalue weighted by atomic mass is 35.5. The standard InChI is InChI=1S/C14H19Cl2NO/c1-18-10-14(4-6-17-7-5-14)9-11-2-3-12(15)13(16)8-11/h2-3,8,17H,4-7,9-10H2,1H3. The highest BCUT2D eigenvalue weighted by Gasteiger charge is 2.32. The fourth-order valence-corrected chi connectivity index (χ4v) is 3.04. The smallest absolute Gasteiger partial charge is 0.0595 e. The van der Waals surface area contributed by atoms with Gasteiger partial charge in [-0.05, 0) is 50.0 Å². The number of ether oxygens (including phenoxy) is 1. The summed E-state index contributed by atoms with van der Waals surface area (Å²) in [5.41, 5.74) is 1.47. The second-order valence-electron chi connectivity index (χ2n) is 5.11. The van der Waals surface area contributed by atoms with Gasteiger partial charge in [0.1, 0.15) is 0 Å². The molecule has 1 fully saturated rings. The molecule has 0 spiro atoms. The first kappa shape index (κ1) is 14.1. The third-order valence-corrected chi connectivity index (χ3v) is 4.42. The molecule has 0 aromatic heterocycles. The molecule has 0 radical (unpaired) electrons. The topological polar surface area (TPSA) is 21.3 Å². The first-order chi connectivity index (χ1) is 8.65. The van der Waals surface area contributed by atoms with Crippen molar-refractivity contribution in [2.45, 2.75) is 19.3 Å². The van der Waals surface area contributed by atoms with Crippen molar-refractivity contribution in [1.29, 1.82) is 0 Å². The molecule has 1 aromatic carbocycles. The van der Waals surface area contributed by atoms with E-state index in [0.717, 1.165) is 39.0 Å². The Morgan fingerprint density at radius 2 is 1.94 bits per heavy atom. The van der Waals surface area contributed by atoms with Crippen LogP contribution in [-0.4, -0.2) is 26.8 Å². The molecular weight excluding hydrogens is 269 g/mol. The largest absolute Gasteiger partial charge is 0.384 e. The number of hydrogen-bond donors (Lipinski definition) is 1. The van der Waals surface area contributed by atoms with Gasteiger partial charge in [-0.1, -0.05) is 29.3 Å². The summed E-state index contributed by atoms with van der Waals surface area (Å²) in [5.74, 6) is 0. The number of benzene rings is 1. The van der Waals surface area contributed by atoms with Crippen LogP contribution in [0.4, 0.5) is 0 Å². The lowest BCUT2D eigenvalue weighted by Gasteiger charge is -2.37. The van der Waals surface area contributed by atoms with Crippen LogP contribution in [0.15, 0.2) is 18.2 Å². The fraction of sp³-hybridized carbons (Fsp3) is 0.571. The van der Waals surface area contributed by atoms with Crippen molar-refractivity contribution >= 4 is 23.2 Å². The Morgan fingerprint density at radius 3 is 2.56 bits per heavy atom. The van der Waals surface area contributed by atoms with Crippen LogP contribution in [0.5, 0.6) is 0 Å². The average Bonchev–Trinajstić information content (AvgIpc) is 2.35. The van der Waals surface area contributed by atoms with Crippen molar-refractivity contribution in [3.63, 3.8) is 0 Å². The summed E-state index contributed by atoms with van der Waals surface area (Å²) in [5, 5.41) is 4.65. The van der Waals surface area contributed by atoms with E-state index in [0.29, 0.717) is 10.0 Å². The fourth-order valence-electron chi connectivity index (χ4n) is 2.72. The number of rotatable bonds is 4. The molecule has 2 nitrogen and oxygen atoms in total. The van der Waals surface area contributed by atoms with Gasteiger partial charge in [0.25, 0.3) is 0 Å². The molecule has 18 heavy (non-hydrogen) atoms. The van der Waals surface area contributed by atoms with Gasteiger partial charge in [-0.3, -0.25) is 0 Å². The predicted octanol–water partition coefficient (Wildman–Crippen LogP) is 3.55. The van der Waals surface area contributed by atoms with E-state index < -0.39 is 0 Å². The van der Waals surface area contributed by atoms with E-state index >= 15 is 0 Å². The summed E-state index contributed by atoms with van der Waals surface area (Å²) in [6.07, 6.45) is 3.28. The van der Waals surface area contributed by atoms with Crippen LogP contribution in [0.3, 0.4) is 0 Å². The molecule has 0 aliphatic carbocycles. The summed E-state index contributed by atoms with van der Waals surface area (Å²) in [4.78, 5) is 0. The zero-order valence-corrected chi connectivity index (χ0v) is 12.2. The van der Waals surface area contributed by atoms with Gasteiger partial charge in [0.05, 0.1) is 16.7 Å². The third kappa shape index (κ3) is 3.39. The van der Waals surface area contributed by atoms with Gasteiger partial charge in [0, 0.05) is 12.5 Å². The molecule has 0 saturated carbocycles. The lowest BCUT2D eigenvalue weighted by atomic mass is 9.75. The molecular formula is C14H19Cl2NO. The third-order valence-electron chi connectivity index (χ3n) is 3.68. The Bertz CT molecular complexity index is 397. The van der Waals surface area contributed by atoms with Gasteiger partial charge >= 0.3 is 0 Å². The van der Waals surface area contributed by atoms with Crippen molar-refractivity contribution in [3.8, 4) is 0 Å². The molecule has 1 aliphatic heterocycles. The van der Waals surface area contributed by atoms with Gasteiger partial charge < -0.3 is 10.1 Å². The van der Waals surface area contributed by atoms with E-state index in [4.69, 9.17) is 27.9 Å². The molecule has 4 heteroatoms. The van der Waals surface area contributed by atoms with Gasteiger partial charge in [0.2, 0.25) is 0 Å². The van der Waals surface area contributed by atoms with Crippen LogP contribution in [0.25, 0.3) is 0 Å². The minimum absolute atomic E-state index is 0.233. The van der Waals surface area contributed by atoms with E-state index in [2.05, 4.69) is 11.4 Å². The Hall–Kier alpha value is -0.280. The first-order valence-electron chi connectivity index (χ1n) is 6.29. The quantitative estimate of drug-likeness (QED) is 0.914. The van der Waals surface area contributed by atoms with Crippen molar-refractivity contribution in [3.05, 3.63) is 33.8 Å². The van der Waals surface area contributed by atoms with Crippen molar-refractivity contribution in [2.75, 3.05) is 26.8 Å². The zero-order chi connectivity index (χ0) is 13.0.